The van der Waals surface area contributed by atoms with Crippen LogP contribution in [0.15, 0.2) is 85.1 Å². The van der Waals surface area contributed by atoms with Gasteiger partial charge in [0.2, 0.25) is 0 Å². The molecule has 0 bridgehead atoms. The SMILES string of the molecule is CC/C=C\C/C=C\C/C=C\C/C=C\C/C=C\CCCCCCCCCCCCCCCCCCCC(=O)OC(COC(=O)CCCCCCCCCCCCC/C=C\C/C=C\CCCCCCC)COC(OCC[N+](C)(C)C)C(=O)[O-]. The zero-order valence-electron chi connectivity index (χ0n) is 53.4. The number of ether oxygens (including phenoxy) is 4. The number of carboxylic acids is 1. The first kappa shape index (κ1) is 77.5. The lowest BCUT2D eigenvalue weighted by atomic mass is 10.0. The molecule has 0 aromatic heterocycles. The van der Waals surface area contributed by atoms with E-state index in [2.05, 4.69) is 98.9 Å². The number of quaternary nitrogens is 1. The lowest BCUT2D eigenvalue weighted by molar-refractivity contribution is -0.870. The van der Waals surface area contributed by atoms with Crippen molar-refractivity contribution in [2.75, 3.05) is 47.5 Å². The number of nitrogens with zero attached hydrogens (tertiary/aromatic N) is 1. The number of carbonyl (C=O) groups is 3. The molecule has 0 N–H and O–H groups in total. The third-order valence-corrected chi connectivity index (χ3v) is 14.6. The molecule has 0 aromatic carbocycles. The van der Waals surface area contributed by atoms with Gasteiger partial charge in [0.15, 0.2) is 12.4 Å². The second kappa shape index (κ2) is 62.5. The zero-order chi connectivity index (χ0) is 59.1. The highest BCUT2D eigenvalue weighted by Crippen LogP contribution is 2.17. The van der Waals surface area contributed by atoms with Crippen LogP contribution in [0.4, 0.5) is 0 Å². The van der Waals surface area contributed by atoms with Gasteiger partial charge in [0.1, 0.15) is 13.2 Å². The topological polar surface area (TPSA) is 111 Å². The molecule has 9 heteroatoms. The van der Waals surface area contributed by atoms with Crippen molar-refractivity contribution >= 4 is 17.9 Å². The number of esters is 2. The Labute approximate surface area is 500 Å². The molecule has 0 radical (unpaired) electrons. The molecule has 0 heterocycles. The maximum Gasteiger partial charge on any atom is 0.306 e. The number of carboxylic acid groups (broad SMARTS) is 1. The Morgan fingerprint density at radius 1 is 0.383 bits per heavy atom. The van der Waals surface area contributed by atoms with Crippen LogP contribution in [0.1, 0.15) is 296 Å². The van der Waals surface area contributed by atoms with Crippen LogP contribution in [0.2, 0.25) is 0 Å². The molecule has 2 unspecified atom stereocenters. The van der Waals surface area contributed by atoms with Gasteiger partial charge in [-0.05, 0) is 89.9 Å². The molecule has 81 heavy (non-hydrogen) atoms. The summed E-state index contributed by atoms with van der Waals surface area (Å²) in [5.41, 5.74) is 0. The summed E-state index contributed by atoms with van der Waals surface area (Å²) in [6, 6.07) is 0. The number of hydrogen-bond acceptors (Lipinski definition) is 8. The summed E-state index contributed by atoms with van der Waals surface area (Å²) in [5, 5.41) is 11.8. The predicted molar refractivity (Wildman–Crippen MR) is 343 cm³/mol. The predicted octanol–water partition coefficient (Wildman–Crippen LogP) is 19.4. The van der Waals surface area contributed by atoms with Crippen molar-refractivity contribution in [3.05, 3.63) is 85.1 Å². The van der Waals surface area contributed by atoms with Gasteiger partial charge in [0.05, 0.1) is 40.3 Å². The molecular formula is C72H127NO8. The smallest absolute Gasteiger partial charge is 0.306 e. The van der Waals surface area contributed by atoms with E-state index >= 15 is 0 Å². The summed E-state index contributed by atoms with van der Waals surface area (Å²) in [4.78, 5) is 37.4. The fourth-order valence-corrected chi connectivity index (χ4v) is 9.48. The highest BCUT2D eigenvalue weighted by Gasteiger charge is 2.22. The fourth-order valence-electron chi connectivity index (χ4n) is 9.48. The van der Waals surface area contributed by atoms with E-state index in [1.165, 1.54) is 193 Å². The molecule has 0 fully saturated rings. The number of hydrogen-bond donors (Lipinski definition) is 0. The van der Waals surface area contributed by atoms with E-state index in [1.807, 2.05) is 21.1 Å². The average molecular weight is 1130 g/mol. The Balaban J connectivity index is 4.11. The number of aliphatic carboxylic acids is 1. The van der Waals surface area contributed by atoms with Crippen molar-refractivity contribution in [1.29, 1.82) is 0 Å². The Bertz CT molecular complexity index is 1600. The number of unbranched alkanes of at least 4 members (excludes halogenated alkanes) is 33. The van der Waals surface area contributed by atoms with Gasteiger partial charge in [-0.2, -0.15) is 0 Å². The maximum absolute atomic E-state index is 12.9. The minimum Gasteiger partial charge on any atom is -0.545 e. The normalized spacial score (nSPS) is 13.2. The first-order chi connectivity index (χ1) is 39.6. The highest BCUT2D eigenvalue weighted by atomic mass is 16.7. The molecule has 0 saturated carbocycles. The van der Waals surface area contributed by atoms with E-state index < -0.39 is 24.3 Å². The van der Waals surface area contributed by atoms with Gasteiger partial charge >= 0.3 is 11.9 Å². The lowest BCUT2D eigenvalue weighted by Crippen LogP contribution is -2.44. The van der Waals surface area contributed by atoms with Crippen molar-refractivity contribution in [3.8, 4) is 0 Å². The Hall–Kier alpha value is -3.53. The van der Waals surface area contributed by atoms with E-state index in [0.717, 1.165) is 70.6 Å². The molecule has 0 aliphatic carbocycles. The number of carbonyl (C=O) groups excluding carboxylic acids is 3. The van der Waals surface area contributed by atoms with Crippen LogP contribution in [0, 0.1) is 0 Å². The summed E-state index contributed by atoms with van der Waals surface area (Å²) in [6.45, 7) is 4.65. The zero-order valence-corrected chi connectivity index (χ0v) is 53.4. The van der Waals surface area contributed by atoms with Crippen LogP contribution < -0.4 is 5.11 Å². The molecule has 0 aromatic rings. The first-order valence-electron chi connectivity index (χ1n) is 33.7. The molecule has 468 valence electrons. The van der Waals surface area contributed by atoms with Gasteiger partial charge in [-0.25, -0.2) is 0 Å². The lowest BCUT2D eigenvalue weighted by Gasteiger charge is -2.26. The summed E-state index contributed by atoms with van der Waals surface area (Å²) >= 11 is 0. The minimum atomic E-state index is -1.62. The maximum atomic E-state index is 12.9. The van der Waals surface area contributed by atoms with Crippen LogP contribution in [-0.4, -0.2) is 82.3 Å². The molecule has 2 atom stereocenters. The molecule has 0 amide bonds. The quantitative estimate of drug-likeness (QED) is 0.0195. The summed E-state index contributed by atoms with van der Waals surface area (Å²) in [5.74, 6) is -2.27. The monoisotopic (exact) mass is 1130 g/mol. The molecule has 0 rings (SSSR count). The average Bonchev–Trinajstić information content (AvgIpc) is 3.44. The second-order valence-corrected chi connectivity index (χ2v) is 23.7. The van der Waals surface area contributed by atoms with E-state index in [0.29, 0.717) is 17.4 Å². The van der Waals surface area contributed by atoms with Crippen LogP contribution in [-0.2, 0) is 33.3 Å². The van der Waals surface area contributed by atoms with Crippen LogP contribution >= 0.6 is 0 Å². The third kappa shape index (κ3) is 63.9. The largest absolute Gasteiger partial charge is 0.545 e. The van der Waals surface area contributed by atoms with Crippen molar-refractivity contribution < 1.29 is 42.9 Å². The molecular weight excluding hydrogens is 1010 g/mol. The van der Waals surface area contributed by atoms with E-state index in [9.17, 15) is 19.5 Å². The molecule has 9 nitrogen and oxygen atoms in total. The van der Waals surface area contributed by atoms with E-state index in [-0.39, 0.29) is 38.6 Å². The van der Waals surface area contributed by atoms with Crippen molar-refractivity contribution in [3.63, 3.8) is 0 Å². The Kier molecular flexibility index (Phi) is 59.8. The standard InChI is InChI=1S/C72H127NO8/c1-6-8-10-12-14-16-18-20-22-24-26-28-30-31-32-33-34-35-36-37-38-39-41-43-45-47-49-51-53-55-57-59-61-63-70(75)81-68(67-80-72(71(76)77)78-65-64-73(3,4)5)66-79-69(74)62-60-58-56-54-52-50-48-46-44-42-40-29-27-25-23-21-19-17-15-13-11-9-7-2/h8,10,14,16,19-22,25-28,31-32,68,72H,6-7,9,11-13,15,17-18,23-24,29-30,33-67H2,1-5H3/b10-8-,16-14-,21-19-,22-20-,27-25-,28-26-,32-31-. The first-order valence-corrected chi connectivity index (χ1v) is 33.7. The van der Waals surface area contributed by atoms with Gasteiger partial charge in [0.25, 0.3) is 0 Å². The highest BCUT2D eigenvalue weighted by molar-refractivity contribution is 5.70. The summed E-state index contributed by atoms with van der Waals surface area (Å²) < 4.78 is 22.8. The summed E-state index contributed by atoms with van der Waals surface area (Å²) in [6.07, 6.45) is 80.8. The second-order valence-electron chi connectivity index (χ2n) is 23.7. The van der Waals surface area contributed by atoms with Crippen LogP contribution in [0.25, 0.3) is 0 Å². The third-order valence-electron chi connectivity index (χ3n) is 14.6. The minimum absolute atomic E-state index is 0.146. The number of rotatable bonds is 62. The Morgan fingerprint density at radius 2 is 0.704 bits per heavy atom. The molecule has 0 saturated heterocycles. The van der Waals surface area contributed by atoms with Crippen molar-refractivity contribution in [2.45, 2.75) is 309 Å². The molecule has 0 spiro atoms. The van der Waals surface area contributed by atoms with Gasteiger partial charge in [-0.15, -0.1) is 0 Å². The van der Waals surface area contributed by atoms with E-state index in [1.54, 1.807) is 0 Å². The number of likely N-dealkylation sites (N-methyl/N-ethyl adjacent to an activating group) is 1. The fraction of sp³-hybridized carbons (Fsp3) is 0.764. The van der Waals surface area contributed by atoms with Crippen LogP contribution in [0.5, 0.6) is 0 Å². The van der Waals surface area contributed by atoms with Crippen molar-refractivity contribution in [1.82, 2.24) is 0 Å². The number of allylic oxidation sites excluding steroid dienone is 14. The van der Waals surface area contributed by atoms with Crippen molar-refractivity contribution in [2.24, 2.45) is 0 Å². The van der Waals surface area contributed by atoms with Crippen LogP contribution in [0.3, 0.4) is 0 Å². The Morgan fingerprint density at radius 3 is 1.05 bits per heavy atom. The van der Waals surface area contributed by atoms with Gasteiger partial charge in [0, 0.05) is 12.8 Å². The van der Waals surface area contributed by atoms with Gasteiger partial charge in [-0.1, -0.05) is 279 Å². The molecule has 0 aliphatic rings. The molecule has 0 aliphatic heterocycles. The summed E-state index contributed by atoms with van der Waals surface area (Å²) in [7, 11) is 5.93. The van der Waals surface area contributed by atoms with Gasteiger partial charge in [-0.3, -0.25) is 9.59 Å². The van der Waals surface area contributed by atoms with E-state index in [4.69, 9.17) is 18.9 Å². The van der Waals surface area contributed by atoms with Gasteiger partial charge < -0.3 is 33.3 Å².